The summed E-state index contributed by atoms with van der Waals surface area (Å²) in [5, 5.41) is 30.7. The highest BCUT2D eigenvalue weighted by molar-refractivity contribution is 5.65. The minimum absolute atomic E-state index is 0.112. The molecule has 3 rings (SSSR count). The molecular weight excluding hydrogens is 272 g/mol. The van der Waals surface area contributed by atoms with Crippen molar-refractivity contribution in [3.63, 3.8) is 0 Å². The molecule has 2 aliphatic rings. The first kappa shape index (κ1) is 14.3. The van der Waals surface area contributed by atoms with Crippen molar-refractivity contribution in [2.75, 3.05) is 24.6 Å². The van der Waals surface area contributed by atoms with Gasteiger partial charge in [0.2, 0.25) is 0 Å². The van der Waals surface area contributed by atoms with E-state index in [4.69, 9.17) is 0 Å². The maximum atomic E-state index is 11.1. The summed E-state index contributed by atoms with van der Waals surface area (Å²) in [7, 11) is 0. The van der Waals surface area contributed by atoms with Crippen LogP contribution < -0.4 is 4.90 Å². The molecule has 21 heavy (non-hydrogen) atoms. The van der Waals surface area contributed by atoms with Crippen LogP contribution in [-0.2, 0) is 6.42 Å². The van der Waals surface area contributed by atoms with E-state index in [0.29, 0.717) is 18.4 Å². The molecule has 1 saturated heterocycles. The SMILES string of the molecule is O=[N+]([O-])c1ccc(N2CCCC(CO)C2)c2c1CCC2O. The van der Waals surface area contributed by atoms with Crippen LogP contribution >= 0.6 is 0 Å². The topological polar surface area (TPSA) is 86.8 Å². The Morgan fingerprint density at radius 2 is 2.19 bits per heavy atom. The van der Waals surface area contributed by atoms with Gasteiger partial charge in [-0.25, -0.2) is 0 Å². The minimum Gasteiger partial charge on any atom is -0.396 e. The Morgan fingerprint density at radius 1 is 1.38 bits per heavy atom. The quantitative estimate of drug-likeness (QED) is 0.655. The van der Waals surface area contributed by atoms with Crippen molar-refractivity contribution in [3.05, 3.63) is 33.4 Å². The van der Waals surface area contributed by atoms with Crippen molar-refractivity contribution in [1.82, 2.24) is 0 Å². The van der Waals surface area contributed by atoms with Crippen molar-refractivity contribution >= 4 is 11.4 Å². The third-order valence-electron chi connectivity index (χ3n) is 4.62. The van der Waals surface area contributed by atoms with Crippen LogP contribution in [0.25, 0.3) is 0 Å². The molecule has 1 aliphatic carbocycles. The standard InChI is InChI=1S/C15H20N2O4/c18-9-10-2-1-7-16(8-10)13-5-4-12(17(20)21)11-3-6-14(19)15(11)13/h4-5,10,14,18-19H,1-3,6-9H2. The molecule has 1 heterocycles. The lowest BCUT2D eigenvalue weighted by Gasteiger charge is -2.35. The van der Waals surface area contributed by atoms with E-state index in [2.05, 4.69) is 4.90 Å². The van der Waals surface area contributed by atoms with Gasteiger partial charge in [-0.15, -0.1) is 0 Å². The van der Waals surface area contributed by atoms with Crippen LogP contribution in [0, 0.1) is 16.0 Å². The molecule has 6 heteroatoms. The van der Waals surface area contributed by atoms with Gasteiger partial charge >= 0.3 is 0 Å². The molecule has 2 unspecified atom stereocenters. The number of hydrogen-bond donors (Lipinski definition) is 2. The second-order valence-corrected chi connectivity index (χ2v) is 5.94. The van der Waals surface area contributed by atoms with E-state index in [0.717, 1.165) is 37.2 Å². The fourth-order valence-electron chi connectivity index (χ4n) is 3.58. The average Bonchev–Trinajstić information content (AvgIpc) is 2.88. The van der Waals surface area contributed by atoms with E-state index in [9.17, 15) is 20.3 Å². The smallest absolute Gasteiger partial charge is 0.273 e. The van der Waals surface area contributed by atoms with Gasteiger partial charge in [0.15, 0.2) is 0 Å². The molecule has 6 nitrogen and oxygen atoms in total. The van der Waals surface area contributed by atoms with Gasteiger partial charge in [0.05, 0.1) is 11.0 Å². The summed E-state index contributed by atoms with van der Waals surface area (Å²) in [6, 6.07) is 3.31. The Bertz CT molecular complexity index is 561. The molecule has 114 valence electrons. The predicted molar refractivity (Wildman–Crippen MR) is 78.4 cm³/mol. The van der Waals surface area contributed by atoms with Crippen molar-refractivity contribution in [2.24, 2.45) is 5.92 Å². The minimum atomic E-state index is -0.621. The van der Waals surface area contributed by atoms with E-state index in [1.165, 1.54) is 0 Å². The largest absolute Gasteiger partial charge is 0.396 e. The number of benzene rings is 1. The zero-order valence-corrected chi connectivity index (χ0v) is 11.9. The molecule has 0 aromatic heterocycles. The Labute approximate surface area is 123 Å². The number of nitrogens with zero attached hydrogens (tertiary/aromatic N) is 2. The lowest BCUT2D eigenvalue weighted by atomic mass is 9.96. The first-order valence-electron chi connectivity index (χ1n) is 7.46. The van der Waals surface area contributed by atoms with Crippen molar-refractivity contribution in [2.45, 2.75) is 31.8 Å². The Hall–Kier alpha value is -1.66. The third-order valence-corrected chi connectivity index (χ3v) is 4.62. The lowest BCUT2D eigenvalue weighted by molar-refractivity contribution is -0.385. The number of anilines is 1. The molecule has 0 spiro atoms. The van der Waals surface area contributed by atoms with Gasteiger partial charge in [-0.05, 0) is 37.7 Å². The van der Waals surface area contributed by atoms with Crippen LogP contribution in [0.2, 0.25) is 0 Å². The van der Waals surface area contributed by atoms with Gasteiger partial charge < -0.3 is 15.1 Å². The number of fused-ring (bicyclic) bond motifs is 1. The molecule has 1 aromatic carbocycles. The second-order valence-electron chi connectivity index (χ2n) is 5.94. The molecule has 1 fully saturated rings. The van der Waals surface area contributed by atoms with Crippen LogP contribution in [0.5, 0.6) is 0 Å². The number of nitro benzene ring substituents is 1. The second kappa shape index (κ2) is 5.61. The molecule has 2 N–H and O–H groups in total. The van der Waals surface area contributed by atoms with E-state index in [1.54, 1.807) is 12.1 Å². The fraction of sp³-hybridized carbons (Fsp3) is 0.600. The summed E-state index contributed by atoms with van der Waals surface area (Å²) in [4.78, 5) is 12.9. The summed E-state index contributed by atoms with van der Waals surface area (Å²) in [6.45, 7) is 1.77. The highest BCUT2D eigenvalue weighted by Gasteiger charge is 2.33. The molecule has 2 atom stereocenters. The van der Waals surface area contributed by atoms with Gasteiger partial charge in [-0.3, -0.25) is 10.1 Å². The van der Waals surface area contributed by atoms with Gasteiger partial charge in [0, 0.05) is 42.6 Å². The first-order chi connectivity index (χ1) is 10.1. The Kier molecular flexibility index (Phi) is 3.82. The van der Waals surface area contributed by atoms with Crippen LogP contribution in [0.15, 0.2) is 12.1 Å². The fourth-order valence-corrected chi connectivity index (χ4v) is 3.58. The number of hydrogen-bond acceptors (Lipinski definition) is 5. The Morgan fingerprint density at radius 3 is 2.90 bits per heavy atom. The van der Waals surface area contributed by atoms with Gasteiger partial charge in [-0.2, -0.15) is 0 Å². The number of rotatable bonds is 3. The highest BCUT2D eigenvalue weighted by atomic mass is 16.6. The molecule has 1 aromatic rings. The summed E-state index contributed by atoms with van der Waals surface area (Å²) in [6.07, 6.45) is 2.48. The maximum absolute atomic E-state index is 11.1. The molecule has 0 amide bonds. The summed E-state index contributed by atoms with van der Waals surface area (Å²) < 4.78 is 0. The van der Waals surface area contributed by atoms with Crippen molar-refractivity contribution in [3.8, 4) is 0 Å². The van der Waals surface area contributed by atoms with Crippen molar-refractivity contribution < 1.29 is 15.1 Å². The number of nitro groups is 1. The van der Waals surface area contributed by atoms with Gasteiger partial charge in [0.25, 0.3) is 5.69 Å². The molecule has 0 radical (unpaired) electrons. The average molecular weight is 292 g/mol. The summed E-state index contributed by atoms with van der Waals surface area (Å²) in [5.41, 5.74) is 2.42. The van der Waals surface area contributed by atoms with Crippen LogP contribution in [0.1, 0.15) is 36.5 Å². The van der Waals surface area contributed by atoms with Crippen molar-refractivity contribution in [1.29, 1.82) is 0 Å². The lowest BCUT2D eigenvalue weighted by Crippen LogP contribution is -2.37. The summed E-state index contributed by atoms with van der Waals surface area (Å²) in [5.74, 6) is 0.239. The van der Waals surface area contributed by atoms with Crippen LogP contribution in [0.4, 0.5) is 11.4 Å². The maximum Gasteiger partial charge on any atom is 0.273 e. The predicted octanol–water partition coefficient (Wildman–Crippen LogP) is 1.78. The third kappa shape index (κ3) is 2.49. The summed E-state index contributed by atoms with van der Waals surface area (Å²) >= 11 is 0. The molecular formula is C15H20N2O4. The Balaban J connectivity index is 2.00. The molecule has 1 aliphatic heterocycles. The zero-order chi connectivity index (χ0) is 15.0. The number of aliphatic hydroxyl groups excluding tert-OH is 2. The van der Waals surface area contributed by atoms with E-state index in [1.807, 2.05) is 0 Å². The van der Waals surface area contributed by atoms with E-state index in [-0.39, 0.29) is 23.1 Å². The first-order valence-corrected chi connectivity index (χ1v) is 7.46. The van der Waals surface area contributed by atoms with E-state index >= 15 is 0 Å². The number of piperidine rings is 1. The molecule has 0 bridgehead atoms. The normalized spacial score (nSPS) is 25.0. The van der Waals surface area contributed by atoms with Gasteiger partial charge in [-0.1, -0.05) is 0 Å². The van der Waals surface area contributed by atoms with Crippen LogP contribution in [-0.4, -0.2) is 34.8 Å². The monoisotopic (exact) mass is 292 g/mol. The van der Waals surface area contributed by atoms with Crippen LogP contribution in [0.3, 0.4) is 0 Å². The zero-order valence-electron chi connectivity index (χ0n) is 11.9. The molecule has 0 saturated carbocycles. The number of aliphatic hydroxyl groups is 2. The van der Waals surface area contributed by atoms with Gasteiger partial charge in [0.1, 0.15) is 0 Å². The van der Waals surface area contributed by atoms with E-state index < -0.39 is 6.10 Å². The highest BCUT2D eigenvalue weighted by Crippen LogP contribution is 2.43.